The fraction of sp³-hybridized carbons (Fsp3) is 0. The molecule has 2 aliphatic rings. The first kappa shape index (κ1) is 7.23. The molecular formula is C13H8N2. The summed E-state index contributed by atoms with van der Waals surface area (Å²) in [7, 11) is 0. The van der Waals surface area contributed by atoms with Gasteiger partial charge in [0.25, 0.3) is 0 Å². The third kappa shape index (κ3) is 0.814. The number of benzene rings is 1. The van der Waals surface area contributed by atoms with Gasteiger partial charge in [0.15, 0.2) is 0 Å². The molecule has 2 heteroatoms. The molecule has 3 heterocycles. The van der Waals surface area contributed by atoms with Crippen LogP contribution in [0, 0.1) is 0 Å². The van der Waals surface area contributed by atoms with Crippen molar-refractivity contribution >= 4 is 21.9 Å². The zero-order chi connectivity index (χ0) is 9.83. The van der Waals surface area contributed by atoms with Crippen LogP contribution in [0.15, 0.2) is 42.5 Å². The van der Waals surface area contributed by atoms with E-state index in [9.17, 15) is 0 Å². The molecular weight excluding hydrogens is 184 g/mol. The van der Waals surface area contributed by atoms with Gasteiger partial charge in [-0.2, -0.15) is 0 Å². The van der Waals surface area contributed by atoms with Crippen LogP contribution < -0.4 is 0 Å². The lowest BCUT2D eigenvalue weighted by atomic mass is 10.1. The lowest BCUT2D eigenvalue weighted by molar-refractivity contribution is 1.44. The van der Waals surface area contributed by atoms with Crippen LogP contribution in [0.4, 0.5) is 0 Å². The number of hydrogen-bond donors (Lipinski definition) is 1. The van der Waals surface area contributed by atoms with Crippen LogP contribution in [0.1, 0.15) is 0 Å². The second-order valence-electron chi connectivity index (χ2n) is 3.86. The number of hydrogen-bond acceptors (Lipinski definition) is 1. The summed E-state index contributed by atoms with van der Waals surface area (Å²) < 4.78 is 0. The van der Waals surface area contributed by atoms with Crippen molar-refractivity contribution in [1.29, 1.82) is 0 Å². The lowest BCUT2D eigenvalue weighted by Crippen LogP contribution is -1.78. The number of para-hydroxylation sites is 1. The number of aromatic amines is 1. The minimum atomic E-state index is 1.08. The molecule has 0 radical (unpaired) electrons. The van der Waals surface area contributed by atoms with Gasteiger partial charge in [-0.1, -0.05) is 18.2 Å². The topological polar surface area (TPSA) is 28.7 Å². The first-order chi connectivity index (χ1) is 7.42. The molecule has 2 nitrogen and oxygen atoms in total. The largest absolute Gasteiger partial charge is 0.355 e. The van der Waals surface area contributed by atoms with Gasteiger partial charge < -0.3 is 4.98 Å². The lowest BCUT2D eigenvalue weighted by Gasteiger charge is -1.97. The van der Waals surface area contributed by atoms with Gasteiger partial charge in [0.1, 0.15) is 0 Å². The Morgan fingerprint density at radius 2 is 1.93 bits per heavy atom. The van der Waals surface area contributed by atoms with E-state index in [2.05, 4.69) is 46.4 Å². The van der Waals surface area contributed by atoms with Crippen molar-refractivity contribution in [2.45, 2.75) is 0 Å². The van der Waals surface area contributed by atoms with Crippen LogP contribution >= 0.6 is 0 Å². The van der Waals surface area contributed by atoms with Gasteiger partial charge in [0.05, 0.1) is 11.2 Å². The Labute approximate surface area is 86.2 Å². The van der Waals surface area contributed by atoms with Gasteiger partial charge in [-0.15, -0.1) is 0 Å². The zero-order valence-corrected chi connectivity index (χ0v) is 7.99. The molecule has 70 valence electrons. The molecule has 0 saturated heterocycles. The predicted octanol–water partition coefficient (Wildman–Crippen LogP) is 3.26. The van der Waals surface area contributed by atoms with Crippen LogP contribution in [0.3, 0.4) is 0 Å². The van der Waals surface area contributed by atoms with Crippen LogP contribution in [-0.2, 0) is 0 Å². The maximum absolute atomic E-state index is 4.62. The van der Waals surface area contributed by atoms with Gasteiger partial charge in [-0.3, -0.25) is 0 Å². The molecule has 0 amide bonds. The second-order valence-corrected chi connectivity index (χ2v) is 3.86. The summed E-state index contributed by atoms with van der Waals surface area (Å²) in [6, 6.07) is 14.6. The average molecular weight is 192 g/mol. The third-order valence-electron chi connectivity index (χ3n) is 2.94. The van der Waals surface area contributed by atoms with E-state index in [1.165, 1.54) is 16.5 Å². The van der Waals surface area contributed by atoms with Crippen molar-refractivity contribution in [1.82, 2.24) is 9.97 Å². The van der Waals surface area contributed by atoms with E-state index < -0.39 is 0 Å². The van der Waals surface area contributed by atoms with Crippen molar-refractivity contribution < 1.29 is 0 Å². The minimum absolute atomic E-state index is 1.08. The summed E-state index contributed by atoms with van der Waals surface area (Å²) in [6.07, 6.45) is 0. The maximum Gasteiger partial charge on any atom is 0.0757 e. The quantitative estimate of drug-likeness (QED) is 0.455. The van der Waals surface area contributed by atoms with Gasteiger partial charge in [0.2, 0.25) is 0 Å². The number of H-pyrrole nitrogens is 1. The van der Waals surface area contributed by atoms with E-state index in [0.717, 1.165) is 16.7 Å². The number of fused-ring (bicyclic) bond motifs is 6. The van der Waals surface area contributed by atoms with E-state index in [1.54, 1.807) is 0 Å². The molecule has 2 aromatic rings. The Morgan fingerprint density at radius 1 is 1.00 bits per heavy atom. The highest BCUT2D eigenvalue weighted by molar-refractivity contribution is 6.05. The number of nitrogens with one attached hydrogen (secondary N) is 1. The van der Waals surface area contributed by atoms with E-state index in [-0.39, 0.29) is 0 Å². The zero-order valence-electron chi connectivity index (χ0n) is 7.99. The average Bonchev–Trinajstić information content (AvgIpc) is 2.80. The Balaban J connectivity index is 2.37. The molecule has 0 spiro atoms. The molecule has 1 N–H and O–H groups in total. The minimum Gasteiger partial charge on any atom is -0.355 e. The molecule has 1 aromatic heterocycles. The number of aromatic nitrogens is 2. The first-order valence-corrected chi connectivity index (χ1v) is 5.01. The summed E-state index contributed by atoms with van der Waals surface area (Å²) in [5.74, 6) is 0. The Kier molecular flexibility index (Phi) is 1.10. The highest BCUT2D eigenvalue weighted by Gasteiger charge is 2.14. The molecule has 0 atom stereocenters. The van der Waals surface area contributed by atoms with E-state index >= 15 is 0 Å². The van der Waals surface area contributed by atoms with Gasteiger partial charge >= 0.3 is 0 Å². The molecule has 0 fully saturated rings. The van der Waals surface area contributed by atoms with Crippen LogP contribution in [-0.4, -0.2) is 9.97 Å². The normalized spacial score (nSPS) is 12.0. The second kappa shape index (κ2) is 2.28. The molecule has 2 aliphatic heterocycles. The van der Waals surface area contributed by atoms with Gasteiger partial charge in [-0.05, 0) is 24.3 Å². The van der Waals surface area contributed by atoms with E-state index in [4.69, 9.17) is 0 Å². The highest BCUT2D eigenvalue weighted by Crippen LogP contribution is 2.35. The number of nitrogens with zero attached hydrogens (tertiary/aromatic N) is 1. The Morgan fingerprint density at radius 3 is 2.93 bits per heavy atom. The highest BCUT2D eigenvalue weighted by atomic mass is 14.8. The molecule has 1 aromatic carbocycles. The van der Waals surface area contributed by atoms with Crippen molar-refractivity contribution in [3.05, 3.63) is 42.5 Å². The summed E-state index contributed by atoms with van der Waals surface area (Å²) in [5.41, 5.74) is 5.72. The standard InChI is InChI=1S/C13H8N2/c1-2-4-10-9(3-1)13-11-6-5-8(14-11)7-12(13)15-10/h1-7,14H. The summed E-state index contributed by atoms with van der Waals surface area (Å²) in [4.78, 5) is 7.97. The van der Waals surface area contributed by atoms with Crippen LogP contribution in [0.25, 0.3) is 33.2 Å². The summed E-state index contributed by atoms with van der Waals surface area (Å²) in [5, 5.41) is 1.23. The first-order valence-electron chi connectivity index (χ1n) is 5.01. The van der Waals surface area contributed by atoms with E-state index in [0.29, 0.717) is 0 Å². The molecule has 0 saturated carbocycles. The monoisotopic (exact) mass is 192 g/mol. The summed E-state index contributed by atoms with van der Waals surface area (Å²) in [6.45, 7) is 0. The van der Waals surface area contributed by atoms with Crippen molar-refractivity contribution in [2.75, 3.05) is 0 Å². The molecule has 15 heavy (non-hydrogen) atoms. The smallest absolute Gasteiger partial charge is 0.0757 e. The van der Waals surface area contributed by atoms with Crippen LogP contribution in [0.2, 0.25) is 0 Å². The molecule has 0 unspecified atom stereocenters. The van der Waals surface area contributed by atoms with Crippen molar-refractivity contribution in [3.8, 4) is 11.3 Å². The predicted molar refractivity (Wildman–Crippen MR) is 61.4 cm³/mol. The fourth-order valence-corrected chi connectivity index (χ4v) is 2.28. The Hall–Kier alpha value is -2.09. The van der Waals surface area contributed by atoms with Crippen molar-refractivity contribution in [2.24, 2.45) is 0 Å². The molecule has 2 bridgehead atoms. The van der Waals surface area contributed by atoms with Crippen molar-refractivity contribution in [3.63, 3.8) is 0 Å². The van der Waals surface area contributed by atoms with E-state index in [1.807, 2.05) is 6.07 Å². The summed E-state index contributed by atoms with van der Waals surface area (Å²) >= 11 is 0. The fourth-order valence-electron chi connectivity index (χ4n) is 2.28. The third-order valence-corrected chi connectivity index (χ3v) is 2.94. The molecule has 0 aliphatic carbocycles. The number of pyridine rings is 1. The maximum atomic E-state index is 4.62. The SMILES string of the molecule is c1ccc2c3c4ccc(cc-3nc2c1)[nH]4. The van der Waals surface area contributed by atoms with Gasteiger partial charge in [-0.25, -0.2) is 4.98 Å². The van der Waals surface area contributed by atoms with Gasteiger partial charge in [0, 0.05) is 22.0 Å². The Bertz CT molecular complexity index is 723. The number of rotatable bonds is 0. The molecule has 4 rings (SSSR count). The van der Waals surface area contributed by atoms with Crippen LogP contribution in [0.5, 0.6) is 0 Å².